The van der Waals surface area contributed by atoms with Crippen molar-refractivity contribution in [2.45, 2.75) is 51.9 Å². The van der Waals surface area contributed by atoms with E-state index in [2.05, 4.69) is 37.5 Å². The van der Waals surface area contributed by atoms with Crippen molar-refractivity contribution < 1.29 is 0 Å². The maximum atomic E-state index is 6.25. The molecule has 0 amide bonds. The van der Waals surface area contributed by atoms with Gasteiger partial charge in [-0.2, -0.15) is 0 Å². The van der Waals surface area contributed by atoms with Gasteiger partial charge in [-0.05, 0) is 38.8 Å². The predicted octanol–water partition coefficient (Wildman–Crippen LogP) is 0.729. The molecule has 0 aromatic rings. The van der Waals surface area contributed by atoms with E-state index in [1.165, 1.54) is 0 Å². The van der Waals surface area contributed by atoms with E-state index in [1.807, 2.05) is 13.0 Å². The van der Waals surface area contributed by atoms with E-state index in [0.29, 0.717) is 12.1 Å². The third-order valence-corrected chi connectivity index (χ3v) is 4.02. The average molecular weight is 248 g/mol. The fraction of sp³-hybridized carbons (Fsp3) is 0.571. The molecule has 1 aliphatic heterocycles. The molecule has 4 heteroatoms. The van der Waals surface area contributed by atoms with E-state index in [-0.39, 0.29) is 12.1 Å². The Hall–Kier alpha value is -1.26. The molecule has 0 radical (unpaired) electrons. The van der Waals surface area contributed by atoms with Gasteiger partial charge in [0.25, 0.3) is 0 Å². The summed E-state index contributed by atoms with van der Waals surface area (Å²) in [6.45, 7) is 8.40. The summed E-state index contributed by atoms with van der Waals surface area (Å²) < 4.78 is 0. The Morgan fingerprint density at radius 2 is 1.56 bits per heavy atom. The lowest BCUT2D eigenvalue weighted by atomic mass is 9.84. The first kappa shape index (κ1) is 13.2. The molecule has 2 rings (SSSR count). The van der Waals surface area contributed by atoms with E-state index in [1.54, 1.807) is 0 Å². The van der Waals surface area contributed by atoms with Gasteiger partial charge in [0.1, 0.15) is 0 Å². The Balaban J connectivity index is 2.52. The summed E-state index contributed by atoms with van der Waals surface area (Å²) >= 11 is 0. The molecule has 0 aromatic carbocycles. The van der Waals surface area contributed by atoms with Crippen LogP contribution in [0.25, 0.3) is 0 Å². The molecular formula is C14H24N4. The van der Waals surface area contributed by atoms with E-state index in [9.17, 15) is 0 Å². The third-order valence-electron chi connectivity index (χ3n) is 4.02. The maximum absolute atomic E-state index is 6.25. The van der Waals surface area contributed by atoms with Gasteiger partial charge in [-0.3, -0.25) is 0 Å². The molecule has 0 aromatic heterocycles. The minimum Gasteiger partial charge on any atom is -0.379 e. The van der Waals surface area contributed by atoms with Crippen LogP contribution in [0.4, 0.5) is 0 Å². The van der Waals surface area contributed by atoms with Gasteiger partial charge < -0.3 is 22.1 Å². The summed E-state index contributed by atoms with van der Waals surface area (Å²) in [6, 6.07) is 0.491. The highest BCUT2D eigenvalue weighted by Gasteiger charge is 2.34. The molecule has 0 spiro atoms. The molecule has 100 valence electrons. The highest BCUT2D eigenvalue weighted by molar-refractivity contribution is 5.51. The second-order valence-corrected chi connectivity index (χ2v) is 5.31. The number of hydrogen-bond donors (Lipinski definition) is 4. The van der Waals surface area contributed by atoms with Gasteiger partial charge in [-0.15, -0.1) is 0 Å². The van der Waals surface area contributed by atoms with Crippen LogP contribution < -0.4 is 22.1 Å². The summed E-state index contributed by atoms with van der Waals surface area (Å²) in [7, 11) is 0. The average Bonchev–Trinajstić information content (AvgIpc) is 2.35. The molecule has 18 heavy (non-hydrogen) atoms. The molecule has 1 saturated heterocycles. The van der Waals surface area contributed by atoms with Crippen molar-refractivity contribution in [3.8, 4) is 0 Å². The molecule has 4 nitrogen and oxygen atoms in total. The van der Waals surface area contributed by atoms with Crippen LogP contribution in [0.15, 0.2) is 34.7 Å². The molecule has 2 aliphatic rings. The van der Waals surface area contributed by atoms with Gasteiger partial charge in [-0.1, -0.05) is 12.2 Å². The Bertz CT molecular complexity index is 433. The van der Waals surface area contributed by atoms with E-state index < -0.39 is 0 Å². The normalized spacial score (nSPS) is 36.6. The van der Waals surface area contributed by atoms with Crippen LogP contribution >= 0.6 is 0 Å². The van der Waals surface area contributed by atoms with Crippen LogP contribution in [-0.2, 0) is 0 Å². The molecule has 1 aliphatic carbocycles. The summed E-state index contributed by atoms with van der Waals surface area (Å²) in [5.41, 5.74) is 16.9. The van der Waals surface area contributed by atoms with Gasteiger partial charge in [0.2, 0.25) is 0 Å². The zero-order valence-corrected chi connectivity index (χ0v) is 11.6. The minimum absolute atomic E-state index is 0.121. The van der Waals surface area contributed by atoms with Gasteiger partial charge in [0.05, 0.1) is 17.4 Å². The first-order valence-corrected chi connectivity index (χ1v) is 6.59. The highest BCUT2D eigenvalue weighted by atomic mass is 15.1. The van der Waals surface area contributed by atoms with E-state index in [4.69, 9.17) is 11.5 Å². The summed E-state index contributed by atoms with van der Waals surface area (Å²) in [5.74, 6) is 0. The Labute approximate surface area is 109 Å². The smallest absolute Gasteiger partial charge is 0.0627 e. The quantitative estimate of drug-likeness (QED) is 0.552. The van der Waals surface area contributed by atoms with Crippen molar-refractivity contribution in [2.24, 2.45) is 11.5 Å². The SMILES string of the molecule is CC=CC1=C2NC(C)C(C)NC2=C(C)C(N)C1N. The van der Waals surface area contributed by atoms with Crippen molar-refractivity contribution in [1.82, 2.24) is 10.6 Å². The van der Waals surface area contributed by atoms with E-state index >= 15 is 0 Å². The summed E-state index contributed by atoms with van der Waals surface area (Å²) in [6.07, 6.45) is 4.07. The number of nitrogens with one attached hydrogen (secondary N) is 2. The monoisotopic (exact) mass is 248 g/mol. The van der Waals surface area contributed by atoms with Gasteiger partial charge in [0.15, 0.2) is 0 Å². The Morgan fingerprint density at radius 3 is 2.11 bits per heavy atom. The maximum Gasteiger partial charge on any atom is 0.0627 e. The molecule has 0 bridgehead atoms. The second-order valence-electron chi connectivity index (χ2n) is 5.31. The van der Waals surface area contributed by atoms with Crippen molar-refractivity contribution in [1.29, 1.82) is 0 Å². The summed E-state index contributed by atoms with van der Waals surface area (Å²) in [5, 5.41) is 7.10. The molecule has 1 heterocycles. The van der Waals surface area contributed by atoms with Gasteiger partial charge >= 0.3 is 0 Å². The predicted molar refractivity (Wildman–Crippen MR) is 75.7 cm³/mol. The van der Waals surface area contributed by atoms with Crippen LogP contribution in [0.3, 0.4) is 0 Å². The Morgan fingerprint density at radius 1 is 1.00 bits per heavy atom. The van der Waals surface area contributed by atoms with Crippen molar-refractivity contribution in [3.63, 3.8) is 0 Å². The molecule has 4 atom stereocenters. The molecule has 6 N–H and O–H groups in total. The zero-order chi connectivity index (χ0) is 13.4. The van der Waals surface area contributed by atoms with Crippen LogP contribution in [0.5, 0.6) is 0 Å². The van der Waals surface area contributed by atoms with Crippen LogP contribution in [-0.4, -0.2) is 24.2 Å². The number of allylic oxidation sites excluding steroid dienone is 1. The molecule has 4 unspecified atom stereocenters. The number of hydrogen-bond acceptors (Lipinski definition) is 4. The largest absolute Gasteiger partial charge is 0.379 e. The van der Waals surface area contributed by atoms with Gasteiger partial charge in [-0.25, -0.2) is 0 Å². The van der Waals surface area contributed by atoms with Crippen molar-refractivity contribution >= 4 is 0 Å². The Kier molecular flexibility index (Phi) is 3.50. The second kappa shape index (κ2) is 4.78. The fourth-order valence-electron chi connectivity index (χ4n) is 2.56. The third kappa shape index (κ3) is 1.95. The summed E-state index contributed by atoms with van der Waals surface area (Å²) in [4.78, 5) is 0. The zero-order valence-electron chi connectivity index (χ0n) is 11.6. The van der Waals surface area contributed by atoms with Gasteiger partial charge in [0, 0.05) is 18.1 Å². The molecule has 1 fully saturated rings. The number of nitrogens with two attached hydrogens (primary N) is 2. The van der Waals surface area contributed by atoms with Crippen molar-refractivity contribution in [3.05, 3.63) is 34.7 Å². The topological polar surface area (TPSA) is 76.1 Å². The van der Waals surface area contributed by atoms with Crippen LogP contribution in [0.2, 0.25) is 0 Å². The molecular weight excluding hydrogens is 224 g/mol. The first-order valence-electron chi connectivity index (χ1n) is 6.59. The number of rotatable bonds is 1. The lowest BCUT2D eigenvalue weighted by Crippen LogP contribution is -2.56. The number of piperazine rings is 1. The number of fused-ring (bicyclic) bond motifs is 1. The molecule has 0 saturated carbocycles. The van der Waals surface area contributed by atoms with Crippen LogP contribution in [0.1, 0.15) is 27.7 Å². The minimum atomic E-state index is -0.144. The lowest BCUT2D eigenvalue weighted by molar-refractivity contribution is 0.413. The first-order chi connectivity index (χ1) is 8.47. The van der Waals surface area contributed by atoms with Crippen molar-refractivity contribution in [2.75, 3.05) is 0 Å². The van der Waals surface area contributed by atoms with E-state index in [0.717, 1.165) is 22.5 Å². The van der Waals surface area contributed by atoms with Crippen LogP contribution in [0, 0.1) is 0 Å². The lowest BCUT2D eigenvalue weighted by Gasteiger charge is -2.41. The highest BCUT2D eigenvalue weighted by Crippen LogP contribution is 2.30. The fourth-order valence-corrected chi connectivity index (χ4v) is 2.56. The standard InChI is InChI=1S/C14H24N4/c1-5-6-10-12(16)11(15)7(2)13-14(10)18-9(4)8(3)17-13/h5-6,8-9,11-12,17-18H,15-16H2,1-4H3.